The van der Waals surface area contributed by atoms with Crippen molar-refractivity contribution in [3.63, 3.8) is 0 Å². The van der Waals surface area contributed by atoms with E-state index in [0.29, 0.717) is 25.3 Å². The van der Waals surface area contributed by atoms with Gasteiger partial charge in [-0.3, -0.25) is 19.1 Å². The van der Waals surface area contributed by atoms with Gasteiger partial charge in [0.1, 0.15) is 5.75 Å². The largest absolute Gasteiger partial charge is 0.508 e. The number of hydrogen-bond donors (Lipinski definition) is 1. The molecule has 136 valence electrons. The highest BCUT2D eigenvalue weighted by molar-refractivity contribution is 5.95. The Labute approximate surface area is 150 Å². The number of phenols is 1. The molecule has 2 aliphatic heterocycles. The third-order valence-corrected chi connectivity index (χ3v) is 4.71. The number of phenolic OH excluding ortho intramolecular Hbond substituents is 1. The summed E-state index contributed by atoms with van der Waals surface area (Å²) in [5.41, 5.74) is 1.18. The van der Waals surface area contributed by atoms with Crippen molar-refractivity contribution in [1.29, 1.82) is 0 Å². The summed E-state index contributed by atoms with van der Waals surface area (Å²) in [6, 6.07) is 7.41. The SMILES string of the molecule is O=C(c1cccc(O)c1)N1Cc2ccnn2C(C(=O)N2CCCCO2)C1. The lowest BCUT2D eigenvalue weighted by Crippen LogP contribution is -2.49. The highest BCUT2D eigenvalue weighted by atomic mass is 16.7. The van der Waals surface area contributed by atoms with Crippen molar-refractivity contribution in [2.24, 2.45) is 0 Å². The van der Waals surface area contributed by atoms with Crippen LogP contribution >= 0.6 is 0 Å². The van der Waals surface area contributed by atoms with E-state index in [1.165, 1.54) is 17.2 Å². The van der Waals surface area contributed by atoms with Crippen molar-refractivity contribution in [1.82, 2.24) is 19.7 Å². The lowest BCUT2D eigenvalue weighted by Gasteiger charge is -2.36. The number of rotatable bonds is 2. The molecule has 1 unspecified atom stereocenters. The summed E-state index contributed by atoms with van der Waals surface area (Å²) in [5, 5.41) is 15.3. The molecule has 0 bridgehead atoms. The van der Waals surface area contributed by atoms with E-state index >= 15 is 0 Å². The molecule has 0 spiro atoms. The Kier molecular flexibility index (Phi) is 4.34. The third-order valence-electron chi connectivity index (χ3n) is 4.71. The van der Waals surface area contributed by atoms with E-state index in [4.69, 9.17) is 4.84 Å². The minimum atomic E-state index is -0.617. The van der Waals surface area contributed by atoms with Crippen LogP contribution in [0.2, 0.25) is 0 Å². The van der Waals surface area contributed by atoms with Gasteiger partial charge in [-0.1, -0.05) is 6.07 Å². The van der Waals surface area contributed by atoms with Gasteiger partial charge in [-0.05, 0) is 37.1 Å². The Morgan fingerprint density at radius 3 is 2.88 bits per heavy atom. The second kappa shape index (κ2) is 6.80. The van der Waals surface area contributed by atoms with Crippen LogP contribution in [0, 0.1) is 0 Å². The predicted octanol–water partition coefficient (Wildman–Crippen LogP) is 1.34. The molecule has 8 heteroatoms. The van der Waals surface area contributed by atoms with Gasteiger partial charge in [0.25, 0.3) is 11.8 Å². The molecule has 2 aromatic rings. The summed E-state index contributed by atoms with van der Waals surface area (Å²) >= 11 is 0. The molecule has 8 nitrogen and oxygen atoms in total. The number of aromatic nitrogens is 2. The maximum absolute atomic E-state index is 12.9. The molecule has 1 N–H and O–H groups in total. The maximum atomic E-state index is 12.9. The predicted molar refractivity (Wildman–Crippen MR) is 91.0 cm³/mol. The fraction of sp³-hybridized carbons (Fsp3) is 0.389. The molecule has 4 rings (SSSR count). The van der Waals surface area contributed by atoms with Crippen molar-refractivity contribution in [3.8, 4) is 5.75 Å². The van der Waals surface area contributed by atoms with Crippen LogP contribution in [0.5, 0.6) is 5.75 Å². The van der Waals surface area contributed by atoms with E-state index in [2.05, 4.69) is 5.10 Å². The van der Waals surface area contributed by atoms with Crippen LogP contribution in [0.1, 0.15) is 34.9 Å². The van der Waals surface area contributed by atoms with E-state index < -0.39 is 6.04 Å². The maximum Gasteiger partial charge on any atom is 0.272 e. The molecule has 26 heavy (non-hydrogen) atoms. The number of hydroxylamine groups is 2. The zero-order valence-electron chi connectivity index (χ0n) is 14.2. The number of carbonyl (C=O) groups excluding carboxylic acids is 2. The van der Waals surface area contributed by atoms with Crippen molar-refractivity contribution in [2.45, 2.75) is 25.4 Å². The van der Waals surface area contributed by atoms with Crippen molar-refractivity contribution >= 4 is 11.8 Å². The molecular weight excluding hydrogens is 336 g/mol. The topological polar surface area (TPSA) is 87.9 Å². The first kappa shape index (κ1) is 16.6. The van der Waals surface area contributed by atoms with Crippen LogP contribution in [-0.4, -0.2) is 56.4 Å². The first-order valence-corrected chi connectivity index (χ1v) is 8.68. The molecule has 3 heterocycles. The summed E-state index contributed by atoms with van der Waals surface area (Å²) in [6.45, 7) is 1.64. The summed E-state index contributed by atoms with van der Waals surface area (Å²) in [4.78, 5) is 32.9. The zero-order chi connectivity index (χ0) is 18.1. The molecule has 0 radical (unpaired) electrons. The van der Waals surface area contributed by atoms with Crippen LogP contribution < -0.4 is 0 Å². The number of benzene rings is 1. The van der Waals surface area contributed by atoms with Gasteiger partial charge in [0.15, 0.2) is 6.04 Å². The van der Waals surface area contributed by atoms with Crippen LogP contribution in [0.25, 0.3) is 0 Å². The van der Waals surface area contributed by atoms with E-state index in [1.807, 2.05) is 0 Å². The fourth-order valence-corrected chi connectivity index (χ4v) is 3.39. The highest BCUT2D eigenvalue weighted by Crippen LogP contribution is 2.25. The number of aromatic hydroxyl groups is 1. The molecular formula is C18H20N4O4. The Morgan fingerprint density at radius 1 is 1.23 bits per heavy atom. The second-order valence-electron chi connectivity index (χ2n) is 6.50. The van der Waals surface area contributed by atoms with Crippen molar-refractivity contribution in [2.75, 3.05) is 19.7 Å². The quantitative estimate of drug-likeness (QED) is 0.877. The molecule has 2 aliphatic rings. The third kappa shape index (κ3) is 3.03. The molecule has 0 saturated carbocycles. The molecule has 1 aromatic heterocycles. The first-order valence-electron chi connectivity index (χ1n) is 8.68. The average Bonchev–Trinajstić information content (AvgIpc) is 3.15. The lowest BCUT2D eigenvalue weighted by molar-refractivity contribution is -0.201. The highest BCUT2D eigenvalue weighted by Gasteiger charge is 2.36. The number of fused-ring (bicyclic) bond motifs is 1. The Balaban J connectivity index is 1.59. The van der Waals surface area contributed by atoms with Crippen LogP contribution in [-0.2, 0) is 16.2 Å². The Morgan fingerprint density at radius 2 is 2.12 bits per heavy atom. The van der Waals surface area contributed by atoms with Gasteiger partial charge in [0.05, 0.1) is 25.4 Å². The van der Waals surface area contributed by atoms with Gasteiger partial charge < -0.3 is 10.0 Å². The van der Waals surface area contributed by atoms with E-state index in [1.54, 1.807) is 34.0 Å². The molecule has 1 atom stereocenters. The van der Waals surface area contributed by atoms with Crippen molar-refractivity contribution < 1.29 is 19.5 Å². The zero-order valence-corrected chi connectivity index (χ0v) is 14.2. The summed E-state index contributed by atoms with van der Waals surface area (Å²) in [5.74, 6) is -0.388. The van der Waals surface area contributed by atoms with Gasteiger partial charge in [-0.25, -0.2) is 5.06 Å². The number of nitrogens with zero attached hydrogens (tertiary/aromatic N) is 4. The molecule has 1 saturated heterocycles. The molecule has 1 fully saturated rings. The monoisotopic (exact) mass is 356 g/mol. The number of hydrogen-bond acceptors (Lipinski definition) is 5. The fourth-order valence-electron chi connectivity index (χ4n) is 3.39. The van der Waals surface area contributed by atoms with Crippen molar-refractivity contribution in [3.05, 3.63) is 47.8 Å². The van der Waals surface area contributed by atoms with Crippen LogP contribution in [0.15, 0.2) is 36.5 Å². The summed E-state index contributed by atoms with van der Waals surface area (Å²) in [6.07, 6.45) is 3.47. The van der Waals surface area contributed by atoms with E-state index in [9.17, 15) is 14.7 Å². The number of amides is 2. The van der Waals surface area contributed by atoms with Gasteiger partial charge in [0.2, 0.25) is 0 Å². The van der Waals surface area contributed by atoms with E-state index in [-0.39, 0.29) is 24.1 Å². The standard InChI is InChI=1S/C18H20N4O4/c23-15-5-3-4-13(10-15)17(24)20-11-14-6-7-19-22(14)16(12-20)18(25)21-8-1-2-9-26-21/h3-7,10,16,23H,1-2,8-9,11-12H2. The smallest absolute Gasteiger partial charge is 0.272 e. The van der Waals surface area contributed by atoms with Crippen LogP contribution in [0.4, 0.5) is 0 Å². The minimum absolute atomic E-state index is 0.0345. The van der Waals surface area contributed by atoms with E-state index in [0.717, 1.165) is 18.5 Å². The first-order chi connectivity index (χ1) is 12.6. The Hall–Kier alpha value is -2.87. The average molecular weight is 356 g/mol. The normalized spacial score (nSPS) is 19.9. The summed E-state index contributed by atoms with van der Waals surface area (Å²) < 4.78 is 1.67. The van der Waals surface area contributed by atoms with Crippen LogP contribution in [0.3, 0.4) is 0 Å². The molecule has 0 aliphatic carbocycles. The summed E-state index contributed by atoms with van der Waals surface area (Å²) in [7, 11) is 0. The minimum Gasteiger partial charge on any atom is -0.508 e. The van der Waals surface area contributed by atoms with Gasteiger partial charge >= 0.3 is 0 Å². The lowest BCUT2D eigenvalue weighted by atomic mass is 10.1. The van der Waals surface area contributed by atoms with Gasteiger partial charge in [-0.15, -0.1) is 0 Å². The van der Waals surface area contributed by atoms with Gasteiger partial charge in [-0.2, -0.15) is 5.10 Å². The molecule has 2 amide bonds. The molecule has 1 aromatic carbocycles. The number of carbonyl (C=O) groups is 2. The van der Waals surface area contributed by atoms with Gasteiger partial charge in [0, 0.05) is 18.3 Å². The Bertz CT molecular complexity index is 828. The second-order valence-corrected chi connectivity index (χ2v) is 6.50.